The van der Waals surface area contributed by atoms with Gasteiger partial charge in [0.15, 0.2) is 5.78 Å². The van der Waals surface area contributed by atoms with Crippen LogP contribution in [0.5, 0.6) is 5.75 Å². The average molecular weight is 284 g/mol. The van der Waals surface area contributed by atoms with Crippen molar-refractivity contribution in [3.05, 3.63) is 28.8 Å². The zero-order valence-electron chi connectivity index (χ0n) is 11.6. The van der Waals surface area contributed by atoms with E-state index >= 15 is 0 Å². The number of ether oxygens (including phenoxy) is 1. The van der Waals surface area contributed by atoms with Gasteiger partial charge < -0.3 is 10.5 Å². The Hall–Kier alpha value is -1.06. The molecule has 0 bridgehead atoms. The highest BCUT2D eigenvalue weighted by Crippen LogP contribution is 2.25. The maximum Gasteiger partial charge on any atom is 0.166 e. The van der Waals surface area contributed by atoms with Crippen molar-refractivity contribution in [2.24, 2.45) is 11.7 Å². The number of hydrogen-bond acceptors (Lipinski definition) is 3. The highest BCUT2D eigenvalue weighted by molar-refractivity contribution is 6.31. The first-order valence-electron chi connectivity index (χ1n) is 6.69. The molecule has 0 aliphatic rings. The fourth-order valence-electron chi connectivity index (χ4n) is 2.16. The number of carbonyl (C=O) groups excluding carboxylic acids is 1. The third-order valence-electron chi connectivity index (χ3n) is 3.39. The van der Waals surface area contributed by atoms with Gasteiger partial charge in [-0.15, -0.1) is 0 Å². The van der Waals surface area contributed by atoms with E-state index in [1.807, 2.05) is 0 Å². The van der Waals surface area contributed by atoms with Crippen LogP contribution in [0.4, 0.5) is 0 Å². The van der Waals surface area contributed by atoms with E-state index in [2.05, 4.69) is 6.92 Å². The standard InChI is InChI=1S/C15H22ClNO2/c1-3-11(8-9-17)4-6-14(18)13-10-12(16)5-7-15(13)19-2/h5,7,10-11H,3-4,6,8-9,17H2,1-2H3. The maximum absolute atomic E-state index is 12.2. The van der Waals surface area contributed by atoms with Gasteiger partial charge in [-0.1, -0.05) is 24.9 Å². The lowest BCUT2D eigenvalue weighted by Gasteiger charge is -2.13. The Morgan fingerprint density at radius 2 is 2.16 bits per heavy atom. The second kappa shape index (κ2) is 8.18. The van der Waals surface area contributed by atoms with Gasteiger partial charge >= 0.3 is 0 Å². The Kier molecular flexibility index (Phi) is 6.89. The van der Waals surface area contributed by atoms with Crippen molar-refractivity contribution in [1.29, 1.82) is 0 Å². The molecule has 1 unspecified atom stereocenters. The van der Waals surface area contributed by atoms with Crippen molar-refractivity contribution in [3.8, 4) is 5.75 Å². The van der Waals surface area contributed by atoms with E-state index in [9.17, 15) is 4.79 Å². The molecule has 3 nitrogen and oxygen atoms in total. The van der Waals surface area contributed by atoms with Crippen LogP contribution in [0.1, 0.15) is 43.0 Å². The van der Waals surface area contributed by atoms with Crippen LogP contribution < -0.4 is 10.5 Å². The number of Topliss-reactive ketones (excluding diaryl/α,β-unsaturated/α-hetero) is 1. The zero-order chi connectivity index (χ0) is 14.3. The van der Waals surface area contributed by atoms with E-state index < -0.39 is 0 Å². The summed E-state index contributed by atoms with van der Waals surface area (Å²) in [5.41, 5.74) is 6.13. The molecular weight excluding hydrogens is 262 g/mol. The predicted octanol–water partition coefficient (Wildman–Crippen LogP) is 3.69. The van der Waals surface area contributed by atoms with Gasteiger partial charge in [-0.25, -0.2) is 0 Å². The maximum atomic E-state index is 12.2. The van der Waals surface area contributed by atoms with Crippen LogP contribution in [0.2, 0.25) is 5.02 Å². The first-order chi connectivity index (χ1) is 9.12. The van der Waals surface area contributed by atoms with E-state index in [1.165, 1.54) is 0 Å². The Balaban J connectivity index is 2.69. The molecule has 1 aromatic carbocycles. The molecule has 0 aliphatic carbocycles. The van der Waals surface area contributed by atoms with Crippen molar-refractivity contribution in [2.75, 3.05) is 13.7 Å². The van der Waals surface area contributed by atoms with Crippen LogP contribution >= 0.6 is 11.6 Å². The van der Waals surface area contributed by atoms with Gasteiger partial charge in [0.25, 0.3) is 0 Å². The van der Waals surface area contributed by atoms with Crippen LogP contribution in [0.3, 0.4) is 0 Å². The van der Waals surface area contributed by atoms with Crippen LogP contribution in [0, 0.1) is 5.92 Å². The Labute approximate surface area is 120 Å². The molecule has 0 aromatic heterocycles. The number of ketones is 1. The van der Waals surface area contributed by atoms with Crippen LogP contribution in [0.25, 0.3) is 0 Å². The number of nitrogens with two attached hydrogens (primary N) is 1. The molecule has 4 heteroatoms. The molecule has 0 amide bonds. The van der Waals surface area contributed by atoms with Crippen molar-refractivity contribution < 1.29 is 9.53 Å². The summed E-state index contributed by atoms with van der Waals surface area (Å²) < 4.78 is 5.20. The third kappa shape index (κ3) is 4.84. The fourth-order valence-corrected chi connectivity index (χ4v) is 2.33. The van der Waals surface area contributed by atoms with Gasteiger partial charge in [-0.3, -0.25) is 4.79 Å². The molecular formula is C15H22ClNO2. The van der Waals surface area contributed by atoms with Crippen molar-refractivity contribution >= 4 is 17.4 Å². The second-order valence-electron chi connectivity index (χ2n) is 4.66. The van der Waals surface area contributed by atoms with Crippen LogP contribution in [0.15, 0.2) is 18.2 Å². The molecule has 0 aliphatic heterocycles. The number of rotatable bonds is 8. The Morgan fingerprint density at radius 3 is 2.74 bits per heavy atom. The minimum absolute atomic E-state index is 0.0785. The second-order valence-corrected chi connectivity index (χ2v) is 5.09. The summed E-state index contributed by atoms with van der Waals surface area (Å²) in [5, 5.41) is 0.554. The molecule has 19 heavy (non-hydrogen) atoms. The topological polar surface area (TPSA) is 52.3 Å². The van der Waals surface area contributed by atoms with E-state index in [0.29, 0.717) is 35.2 Å². The quantitative estimate of drug-likeness (QED) is 0.740. The summed E-state index contributed by atoms with van der Waals surface area (Å²) in [4.78, 5) is 12.2. The third-order valence-corrected chi connectivity index (χ3v) is 3.63. The van der Waals surface area contributed by atoms with E-state index in [-0.39, 0.29) is 5.78 Å². The lowest BCUT2D eigenvalue weighted by molar-refractivity contribution is 0.0969. The van der Waals surface area contributed by atoms with E-state index in [0.717, 1.165) is 19.3 Å². The summed E-state index contributed by atoms with van der Waals surface area (Å²) in [6, 6.07) is 5.12. The van der Waals surface area contributed by atoms with E-state index in [4.69, 9.17) is 22.1 Å². The molecule has 0 spiro atoms. The fraction of sp³-hybridized carbons (Fsp3) is 0.533. The zero-order valence-corrected chi connectivity index (χ0v) is 12.4. The SMILES string of the molecule is CCC(CCN)CCC(=O)c1cc(Cl)ccc1OC. The van der Waals surface area contributed by atoms with Crippen molar-refractivity contribution in [3.63, 3.8) is 0 Å². The molecule has 1 atom stereocenters. The number of carbonyl (C=O) groups is 1. The first-order valence-corrected chi connectivity index (χ1v) is 7.07. The first kappa shape index (κ1) is 16.0. The smallest absolute Gasteiger partial charge is 0.166 e. The molecule has 1 rings (SSSR count). The summed E-state index contributed by atoms with van der Waals surface area (Å²) >= 11 is 5.93. The minimum Gasteiger partial charge on any atom is -0.496 e. The monoisotopic (exact) mass is 283 g/mol. The molecule has 0 saturated carbocycles. The highest BCUT2D eigenvalue weighted by atomic mass is 35.5. The highest BCUT2D eigenvalue weighted by Gasteiger charge is 2.15. The summed E-state index contributed by atoms with van der Waals surface area (Å²) in [6.07, 6.45) is 3.39. The number of benzene rings is 1. The van der Waals surface area contributed by atoms with Gasteiger partial charge in [0.2, 0.25) is 0 Å². The molecule has 0 fully saturated rings. The predicted molar refractivity (Wildman–Crippen MR) is 79.0 cm³/mol. The largest absolute Gasteiger partial charge is 0.496 e. The Morgan fingerprint density at radius 1 is 1.42 bits per heavy atom. The van der Waals surface area contributed by atoms with Crippen LogP contribution in [-0.2, 0) is 0 Å². The summed E-state index contributed by atoms with van der Waals surface area (Å²) in [5.74, 6) is 1.18. The summed E-state index contributed by atoms with van der Waals surface area (Å²) in [7, 11) is 1.56. The number of halogens is 1. The minimum atomic E-state index is 0.0785. The van der Waals surface area contributed by atoms with Crippen molar-refractivity contribution in [2.45, 2.75) is 32.6 Å². The van der Waals surface area contributed by atoms with Gasteiger partial charge in [0.05, 0.1) is 12.7 Å². The van der Waals surface area contributed by atoms with E-state index in [1.54, 1.807) is 25.3 Å². The molecule has 0 radical (unpaired) electrons. The molecule has 106 valence electrons. The molecule has 1 aromatic rings. The normalized spacial score (nSPS) is 12.2. The van der Waals surface area contributed by atoms with Crippen LogP contribution in [-0.4, -0.2) is 19.4 Å². The Bertz CT molecular complexity index is 421. The summed E-state index contributed by atoms with van der Waals surface area (Å²) in [6.45, 7) is 2.80. The lowest BCUT2D eigenvalue weighted by Crippen LogP contribution is -2.10. The van der Waals surface area contributed by atoms with Gasteiger partial charge in [0.1, 0.15) is 5.75 Å². The number of methoxy groups -OCH3 is 1. The average Bonchev–Trinajstić information content (AvgIpc) is 2.43. The van der Waals surface area contributed by atoms with Gasteiger partial charge in [-0.2, -0.15) is 0 Å². The lowest BCUT2D eigenvalue weighted by atomic mass is 9.93. The van der Waals surface area contributed by atoms with Crippen molar-refractivity contribution in [1.82, 2.24) is 0 Å². The van der Waals surface area contributed by atoms with Gasteiger partial charge in [0, 0.05) is 11.4 Å². The molecule has 0 heterocycles. The van der Waals surface area contributed by atoms with Gasteiger partial charge in [-0.05, 0) is 43.5 Å². The molecule has 0 saturated heterocycles. The number of hydrogen-bond donors (Lipinski definition) is 1. The molecule has 2 N–H and O–H groups in total.